The topological polar surface area (TPSA) is 35.9 Å². The van der Waals surface area contributed by atoms with E-state index in [1.165, 1.54) is 17.8 Å². The van der Waals surface area contributed by atoms with Gasteiger partial charge in [0, 0.05) is 56.0 Å². The Morgan fingerprint density at radius 3 is 2.21 bits per heavy atom. The molecule has 5 rings (SSSR count). The number of phenols is 1. The second-order valence-corrected chi connectivity index (χ2v) is 9.30. The van der Waals surface area contributed by atoms with Crippen molar-refractivity contribution in [3.63, 3.8) is 0 Å². The smallest absolute Gasteiger partial charge is 0.130 e. The number of hydrogen-bond donors (Lipinski definition) is 1. The standard InChI is InChI=1S/C29H31FN2O2/c1-20(2)31-14-16-32(17-15-31)24-9-5-22(6-10-24)29-26(21-3-7-23(30)8-4-21)13-18-34-28-19-25(33)11-12-27(28)29/h3-12,19-20,33H,13-18H2,1-2H3. The Hall–Kier alpha value is -3.31. The average molecular weight is 459 g/mol. The molecule has 0 atom stereocenters. The minimum Gasteiger partial charge on any atom is -0.508 e. The van der Waals surface area contributed by atoms with Crippen LogP contribution in [0.2, 0.25) is 0 Å². The molecule has 2 heterocycles. The maximum absolute atomic E-state index is 13.7. The number of anilines is 1. The largest absolute Gasteiger partial charge is 0.508 e. The second kappa shape index (κ2) is 9.51. The molecule has 3 aromatic rings. The molecule has 0 amide bonds. The lowest BCUT2D eigenvalue weighted by atomic mass is 9.88. The highest BCUT2D eigenvalue weighted by Crippen LogP contribution is 2.42. The van der Waals surface area contributed by atoms with E-state index in [4.69, 9.17) is 4.74 Å². The van der Waals surface area contributed by atoms with Gasteiger partial charge >= 0.3 is 0 Å². The Bertz CT molecular complexity index is 1180. The van der Waals surface area contributed by atoms with E-state index in [9.17, 15) is 9.50 Å². The average Bonchev–Trinajstić information content (AvgIpc) is 3.04. The van der Waals surface area contributed by atoms with Crippen LogP contribution in [0.5, 0.6) is 11.5 Å². The predicted molar refractivity (Wildman–Crippen MR) is 136 cm³/mol. The van der Waals surface area contributed by atoms with Crippen molar-refractivity contribution < 1.29 is 14.2 Å². The van der Waals surface area contributed by atoms with Crippen molar-refractivity contribution >= 4 is 16.8 Å². The van der Waals surface area contributed by atoms with Gasteiger partial charge in [0.05, 0.1) is 6.61 Å². The van der Waals surface area contributed by atoms with Crippen LogP contribution in [0.25, 0.3) is 11.1 Å². The minimum atomic E-state index is -0.247. The van der Waals surface area contributed by atoms with Crippen molar-refractivity contribution in [2.45, 2.75) is 26.3 Å². The van der Waals surface area contributed by atoms with Crippen LogP contribution in [0.4, 0.5) is 10.1 Å². The summed E-state index contributed by atoms with van der Waals surface area (Å²) in [6.07, 6.45) is 0.690. The fourth-order valence-corrected chi connectivity index (χ4v) is 4.99. The van der Waals surface area contributed by atoms with Crippen LogP contribution < -0.4 is 9.64 Å². The van der Waals surface area contributed by atoms with Crippen LogP contribution in [-0.2, 0) is 0 Å². The van der Waals surface area contributed by atoms with E-state index in [-0.39, 0.29) is 11.6 Å². The zero-order valence-electron chi connectivity index (χ0n) is 19.8. The van der Waals surface area contributed by atoms with Crippen molar-refractivity contribution in [2.24, 2.45) is 0 Å². The first-order chi connectivity index (χ1) is 16.5. The number of aromatic hydroxyl groups is 1. The van der Waals surface area contributed by atoms with Gasteiger partial charge in [0.1, 0.15) is 17.3 Å². The number of rotatable bonds is 4. The first-order valence-electron chi connectivity index (χ1n) is 12.0. The molecule has 0 radical (unpaired) electrons. The molecule has 0 unspecified atom stereocenters. The van der Waals surface area contributed by atoms with Gasteiger partial charge < -0.3 is 14.7 Å². The summed E-state index contributed by atoms with van der Waals surface area (Å²) >= 11 is 0. The Labute approximate surface area is 200 Å². The first kappa shape index (κ1) is 22.5. The van der Waals surface area contributed by atoms with E-state index in [0.29, 0.717) is 24.8 Å². The third kappa shape index (κ3) is 4.53. The summed E-state index contributed by atoms with van der Waals surface area (Å²) in [7, 11) is 0. The van der Waals surface area contributed by atoms with Crippen molar-refractivity contribution in [1.29, 1.82) is 0 Å². The quantitative estimate of drug-likeness (QED) is 0.536. The number of fused-ring (bicyclic) bond motifs is 1. The summed E-state index contributed by atoms with van der Waals surface area (Å²) in [6.45, 7) is 9.20. The molecule has 0 bridgehead atoms. The molecule has 1 fully saturated rings. The molecular weight excluding hydrogens is 427 g/mol. The fraction of sp³-hybridized carbons (Fsp3) is 0.310. The van der Waals surface area contributed by atoms with Gasteiger partial charge in [0.25, 0.3) is 0 Å². The summed E-state index contributed by atoms with van der Waals surface area (Å²) in [6, 6.07) is 21.3. The molecule has 2 aliphatic heterocycles. The Morgan fingerprint density at radius 2 is 1.53 bits per heavy atom. The monoisotopic (exact) mass is 458 g/mol. The zero-order valence-corrected chi connectivity index (χ0v) is 19.8. The SMILES string of the molecule is CC(C)N1CCN(c2ccc(C3=C(c4ccc(F)cc4)CCOc4cc(O)ccc43)cc2)CC1. The molecule has 0 aromatic heterocycles. The molecule has 176 valence electrons. The number of hydrogen-bond acceptors (Lipinski definition) is 4. The molecular formula is C29H31FN2O2. The number of nitrogens with zero attached hydrogens (tertiary/aromatic N) is 2. The summed E-state index contributed by atoms with van der Waals surface area (Å²) < 4.78 is 19.7. The van der Waals surface area contributed by atoms with Crippen LogP contribution in [0.3, 0.4) is 0 Å². The number of ether oxygens (including phenoxy) is 1. The summed E-state index contributed by atoms with van der Waals surface area (Å²) in [5.74, 6) is 0.600. The van der Waals surface area contributed by atoms with Gasteiger partial charge in [-0.3, -0.25) is 4.90 Å². The van der Waals surface area contributed by atoms with E-state index in [1.54, 1.807) is 12.1 Å². The Kier molecular flexibility index (Phi) is 6.29. The Morgan fingerprint density at radius 1 is 0.853 bits per heavy atom. The van der Waals surface area contributed by atoms with Gasteiger partial charge in [-0.05, 0) is 72.5 Å². The molecule has 1 N–H and O–H groups in total. The van der Waals surface area contributed by atoms with Crippen LogP contribution in [0.15, 0.2) is 66.7 Å². The number of benzene rings is 3. The van der Waals surface area contributed by atoms with Gasteiger partial charge in [0.15, 0.2) is 0 Å². The summed E-state index contributed by atoms with van der Waals surface area (Å²) in [4.78, 5) is 4.96. The van der Waals surface area contributed by atoms with Crippen molar-refractivity contribution in [3.8, 4) is 11.5 Å². The lowest BCUT2D eigenvalue weighted by Gasteiger charge is -2.38. The van der Waals surface area contributed by atoms with Crippen LogP contribution in [0, 0.1) is 5.82 Å². The lowest BCUT2D eigenvalue weighted by molar-refractivity contribution is 0.209. The number of phenolic OH excluding ortho intramolecular Hbond substituents is 1. The maximum Gasteiger partial charge on any atom is 0.130 e. The van der Waals surface area contributed by atoms with Crippen LogP contribution in [0.1, 0.15) is 37.0 Å². The highest BCUT2D eigenvalue weighted by Gasteiger charge is 2.23. The lowest BCUT2D eigenvalue weighted by Crippen LogP contribution is -2.48. The molecule has 34 heavy (non-hydrogen) atoms. The molecule has 5 heteroatoms. The van der Waals surface area contributed by atoms with Gasteiger partial charge in [-0.25, -0.2) is 4.39 Å². The molecule has 0 spiro atoms. The van der Waals surface area contributed by atoms with Gasteiger partial charge in [-0.15, -0.1) is 0 Å². The van der Waals surface area contributed by atoms with Gasteiger partial charge in [0.2, 0.25) is 0 Å². The molecule has 3 aromatic carbocycles. The third-order valence-corrected chi connectivity index (χ3v) is 6.90. The Balaban J connectivity index is 1.54. The fourth-order valence-electron chi connectivity index (χ4n) is 4.99. The van der Waals surface area contributed by atoms with Crippen molar-refractivity contribution in [2.75, 3.05) is 37.7 Å². The maximum atomic E-state index is 13.7. The normalized spacial score (nSPS) is 16.9. The minimum absolute atomic E-state index is 0.180. The van der Waals surface area contributed by atoms with Crippen molar-refractivity contribution in [3.05, 3.63) is 89.2 Å². The first-order valence-corrected chi connectivity index (χ1v) is 12.0. The van der Waals surface area contributed by atoms with Gasteiger partial charge in [-0.1, -0.05) is 24.3 Å². The molecule has 0 saturated carbocycles. The van der Waals surface area contributed by atoms with Gasteiger partial charge in [-0.2, -0.15) is 0 Å². The highest BCUT2D eigenvalue weighted by atomic mass is 19.1. The number of piperazine rings is 1. The summed E-state index contributed by atoms with van der Waals surface area (Å²) in [5.41, 5.74) is 6.41. The van der Waals surface area contributed by atoms with E-state index in [2.05, 4.69) is 47.9 Å². The number of halogens is 1. The van der Waals surface area contributed by atoms with Crippen LogP contribution in [-0.4, -0.2) is 48.8 Å². The van der Waals surface area contributed by atoms with E-state index in [0.717, 1.165) is 54.0 Å². The van der Waals surface area contributed by atoms with Crippen molar-refractivity contribution in [1.82, 2.24) is 4.90 Å². The van der Waals surface area contributed by atoms with E-state index < -0.39 is 0 Å². The predicted octanol–water partition coefficient (Wildman–Crippen LogP) is 5.80. The molecule has 4 nitrogen and oxygen atoms in total. The molecule has 1 saturated heterocycles. The van der Waals surface area contributed by atoms with E-state index >= 15 is 0 Å². The highest BCUT2D eigenvalue weighted by molar-refractivity contribution is 6.00. The summed E-state index contributed by atoms with van der Waals surface area (Å²) in [5, 5.41) is 10.0. The van der Waals surface area contributed by atoms with Crippen LogP contribution >= 0.6 is 0 Å². The molecule has 2 aliphatic rings. The zero-order chi connectivity index (χ0) is 23.7. The third-order valence-electron chi connectivity index (χ3n) is 6.90. The molecule has 0 aliphatic carbocycles. The van der Waals surface area contributed by atoms with E-state index in [1.807, 2.05) is 18.2 Å². The second-order valence-electron chi connectivity index (χ2n) is 9.30.